The highest BCUT2D eigenvalue weighted by Crippen LogP contribution is 2.31. The number of aromatic amines is 1. The van der Waals surface area contributed by atoms with E-state index in [0.717, 1.165) is 43.2 Å². The molecule has 1 aromatic carbocycles. The van der Waals surface area contributed by atoms with Gasteiger partial charge in [-0.1, -0.05) is 0 Å². The number of hydrogen-bond donors (Lipinski definition) is 1. The Bertz CT molecular complexity index is 833. The number of carbonyl (C=O) groups excluding carboxylic acids is 1. The number of carbonyl (C=O) groups is 1. The van der Waals surface area contributed by atoms with Gasteiger partial charge in [-0.3, -0.25) is 9.69 Å². The van der Waals surface area contributed by atoms with Crippen molar-refractivity contribution in [1.29, 1.82) is 0 Å². The van der Waals surface area contributed by atoms with Crippen LogP contribution >= 0.6 is 0 Å². The molecule has 7 heteroatoms. The molecule has 2 aliphatic heterocycles. The predicted molar refractivity (Wildman–Crippen MR) is 101 cm³/mol. The van der Waals surface area contributed by atoms with Gasteiger partial charge in [0.2, 0.25) is 0 Å². The number of aromatic nitrogens is 2. The third-order valence-electron chi connectivity index (χ3n) is 5.84. The van der Waals surface area contributed by atoms with E-state index in [-0.39, 0.29) is 5.91 Å². The Hall–Kier alpha value is -1.96. The van der Waals surface area contributed by atoms with E-state index in [1.807, 2.05) is 23.1 Å². The fraction of sp³-hybridized carbons (Fsp3) is 0.600. The van der Waals surface area contributed by atoms with Crippen LogP contribution in [0, 0.1) is 5.92 Å². The Morgan fingerprint density at radius 3 is 3.07 bits per heavy atom. The third-order valence-corrected chi connectivity index (χ3v) is 5.84. The van der Waals surface area contributed by atoms with Crippen molar-refractivity contribution in [3.8, 4) is 0 Å². The summed E-state index contributed by atoms with van der Waals surface area (Å²) in [6.45, 7) is 5.95. The van der Waals surface area contributed by atoms with Gasteiger partial charge in [0.1, 0.15) is 5.60 Å². The summed E-state index contributed by atoms with van der Waals surface area (Å²) >= 11 is 0. The smallest absolute Gasteiger partial charge is 0.254 e. The van der Waals surface area contributed by atoms with Gasteiger partial charge >= 0.3 is 0 Å². The molecule has 2 saturated heterocycles. The number of amides is 1. The van der Waals surface area contributed by atoms with Crippen LogP contribution in [0.1, 0.15) is 23.2 Å². The van der Waals surface area contributed by atoms with E-state index >= 15 is 0 Å². The molecule has 3 aliphatic rings. The fourth-order valence-electron chi connectivity index (χ4n) is 4.26. The summed E-state index contributed by atoms with van der Waals surface area (Å²) in [5, 5.41) is 0. The second kappa shape index (κ2) is 6.89. The molecule has 3 heterocycles. The number of imidazole rings is 1. The van der Waals surface area contributed by atoms with E-state index in [2.05, 4.69) is 14.9 Å². The van der Waals surface area contributed by atoms with Crippen LogP contribution in [-0.2, 0) is 9.47 Å². The molecular weight excluding hydrogens is 344 g/mol. The van der Waals surface area contributed by atoms with E-state index in [9.17, 15) is 4.79 Å². The van der Waals surface area contributed by atoms with Crippen LogP contribution in [0.5, 0.6) is 0 Å². The van der Waals surface area contributed by atoms with Gasteiger partial charge in [0.25, 0.3) is 5.91 Å². The van der Waals surface area contributed by atoms with Crippen molar-refractivity contribution in [3.05, 3.63) is 30.1 Å². The number of H-pyrrole nitrogens is 1. The van der Waals surface area contributed by atoms with E-state index < -0.39 is 5.60 Å². The average molecular weight is 370 g/mol. The molecule has 5 rings (SSSR count). The van der Waals surface area contributed by atoms with Gasteiger partial charge in [0, 0.05) is 31.7 Å². The normalized spacial score (nSPS) is 27.2. The highest BCUT2D eigenvalue weighted by Gasteiger charge is 2.42. The number of ether oxygens (including phenoxy) is 2. The second-order valence-electron chi connectivity index (χ2n) is 8.12. The first-order valence-corrected chi connectivity index (χ1v) is 9.87. The van der Waals surface area contributed by atoms with Crippen molar-refractivity contribution in [2.75, 3.05) is 52.5 Å². The van der Waals surface area contributed by atoms with E-state index in [1.54, 1.807) is 6.33 Å². The van der Waals surface area contributed by atoms with Gasteiger partial charge in [-0.15, -0.1) is 0 Å². The van der Waals surface area contributed by atoms with Crippen molar-refractivity contribution >= 4 is 16.9 Å². The van der Waals surface area contributed by atoms with Crippen LogP contribution in [0.25, 0.3) is 11.0 Å². The Kier molecular flexibility index (Phi) is 4.38. The maximum Gasteiger partial charge on any atom is 0.254 e. The summed E-state index contributed by atoms with van der Waals surface area (Å²) in [5.74, 6) is 0.884. The first-order valence-electron chi connectivity index (χ1n) is 9.87. The number of fused-ring (bicyclic) bond motifs is 1. The quantitative estimate of drug-likeness (QED) is 0.887. The maximum atomic E-state index is 13.1. The highest BCUT2D eigenvalue weighted by molar-refractivity contribution is 5.97. The summed E-state index contributed by atoms with van der Waals surface area (Å²) in [6.07, 6.45) is 4.33. The average Bonchev–Trinajstić information content (AvgIpc) is 3.41. The highest BCUT2D eigenvalue weighted by atomic mass is 16.5. The van der Waals surface area contributed by atoms with Crippen molar-refractivity contribution < 1.29 is 14.3 Å². The zero-order valence-electron chi connectivity index (χ0n) is 15.5. The van der Waals surface area contributed by atoms with Crippen LogP contribution in [0.4, 0.5) is 0 Å². The lowest BCUT2D eigenvalue weighted by Gasteiger charge is -2.43. The van der Waals surface area contributed by atoms with Gasteiger partial charge in [0.15, 0.2) is 0 Å². The van der Waals surface area contributed by atoms with Crippen LogP contribution in [0.3, 0.4) is 0 Å². The molecule has 7 nitrogen and oxygen atoms in total. The zero-order chi connectivity index (χ0) is 18.3. The second-order valence-corrected chi connectivity index (χ2v) is 8.12. The summed E-state index contributed by atoms with van der Waals surface area (Å²) in [5.41, 5.74) is 2.03. The van der Waals surface area contributed by atoms with Gasteiger partial charge in [-0.25, -0.2) is 4.98 Å². The van der Waals surface area contributed by atoms with Crippen LogP contribution in [-0.4, -0.2) is 83.8 Å². The summed E-state index contributed by atoms with van der Waals surface area (Å²) in [6, 6.07) is 5.63. The standard InChI is InChI=1S/C20H26N4O3/c25-19(16-3-4-17-18(9-16)22-14-21-17)24-6-8-27-20(12-24)11-23(5-7-26-13-20)10-15-1-2-15/h3-4,9,14-15H,1-2,5-8,10-13H2,(H,21,22). The maximum absolute atomic E-state index is 13.1. The fourth-order valence-corrected chi connectivity index (χ4v) is 4.26. The molecule has 1 amide bonds. The molecule has 1 aliphatic carbocycles. The van der Waals surface area contributed by atoms with E-state index in [1.165, 1.54) is 12.8 Å². The van der Waals surface area contributed by atoms with Crippen LogP contribution in [0.2, 0.25) is 0 Å². The minimum absolute atomic E-state index is 0.0483. The molecule has 27 heavy (non-hydrogen) atoms. The zero-order valence-corrected chi connectivity index (χ0v) is 15.5. The SMILES string of the molecule is O=C(c1ccc2nc[nH]c2c1)N1CCOC2(COCCN(CC3CC3)C2)C1. The van der Waals surface area contributed by atoms with Crippen LogP contribution < -0.4 is 0 Å². The summed E-state index contributed by atoms with van der Waals surface area (Å²) in [4.78, 5) is 24.8. The molecule has 1 atom stereocenters. The summed E-state index contributed by atoms with van der Waals surface area (Å²) < 4.78 is 12.1. The topological polar surface area (TPSA) is 70.7 Å². The molecule has 1 aromatic heterocycles. The minimum atomic E-state index is -0.419. The van der Waals surface area contributed by atoms with Gasteiger partial charge < -0.3 is 19.4 Å². The van der Waals surface area contributed by atoms with E-state index in [0.29, 0.717) is 31.9 Å². The van der Waals surface area contributed by atoms with Crippen molar-refractivity contribution in [3.63, 3.8) is 0 Å². The number of morpholine rings is 1. The Morgan fingerprint density at radius 1 is 1.26 bits per heavy atom. The van der Waals surface area contributed by atoms with Crippen molar-refractivity contribution in [2.24, 2.45) is 5.92 Å². The molecule has 1 spiro atoms. The molecule has 144 valence electrons. The Morgan fingerprint density at radius 2 is 2.19 bits per heavy atom. The number of nitrogens with zero attached hydrogens (tertiary/aromatic N) is 3. The molecular formula is C20H26N4O3. The minimum Gasteiger partial charge on any atom is -0.377 e. The number of nitrogens with one attached hydrogen (secondary N) is 1. The number of hydrogen-bond acceptors (Lipinski definition) is 5. The Balaban J connectivity index is 1.33. The molecule has 2 aromatic rings. The van der Waals surface area contributed by atoms with Gasteiger partial charge in [0.05, 0.1) is 43.7 Å². The van der Waals surface area contributed by atoms with Gasteiger partial charge in [-0.2, -0.15) is 0 Å². The monoisotopic (exact) mass is 370 g/mol. The molecule has 1 unspecified atom stereocenters. The molecule has 0 bridgehead atoms. The molecule has 1 N–H and O–H groups in total. The predicted octanol–water partition coefficient (Wildman–Crippen LogP) is 1.52. The van der Waals surface area contributed by atoms with Gasteiger partial charge in [-0.05, 0) is 37.0 Å². The van der Waals surface area contributed by atoms with E-state index in [4.69, 9.17) is 9.47 Å². The first kappa shape index (κ1) is 17.2. The Labute approximate surface area is 158 Å². The lowest BCUT2D eigenvalue weighted by atomic mass is 10.0. The van der Waals surface area contributed by atoms with Crippen LogP contribution in [0.15, 0.2) is 24.5 Å². The largest absolute Gasteiger partial charge is 0.377 e. The lowest BCUT2D eigenvalue weighted by Crippen LogP contribution is -2.60. The molecule has 0 radical (unpaired) electrons. The van der Waals surface area contributed by atoms with Crippen molar-refractivity contribution in [2.45, 2.75) is 18.4 Å². The molecule has 3 fully saturated rings. The first-order chi connectivity index (χ1) is 13.2. The molecule has 1 saturated carbocycles. The third kappa shape index (κ3) is 3.59. The number of rotatable bonds is 3. The number of benzene rings is 1. The van der Waals surface area contributed by atoms with Crippen molar-refractivity contribution in [1.82, 2.24) is 19.8 Å². The summed E-state index contributed by atoms with van der Waals surface area (Å²) in [7, 11) is 0. The lowest BCUT2D eigenvalue weighted by molar-refractivity contribution is -0.133.